The van der Waals surface area contributed by atoms with Crippen molar-refractivity contribution in [2.45, 2.75) is 71.3 Å². The summed E-state index contributed by atoms with van der Waals surface area (Å²) in [5.74, 6) is -0.00342. The van der Waals surface area contributed by atoms with Crippen LogP contribution in [0, 0.1) is 5.92 Å². The fraction of sp³-hybridized carbons (Fsp3) is 0.947. The SMILES string of the molecule is CCCS(=O)(=O)N1CCC[C@H](C(=O)NCCCN2CCCC[C@H]2CC)C1. The van der Waals surface area contributed by atoms with Crippen LogP contribution >= 0.6 is 0 Å². The Morgan fingerprint density at radius 3 is 2.65 bits per heavy atom. The number of carbonyl (C=O) groups excluding carboxylic acids is 1. The molecule has 2 aliphatic rings. The Kier molecular flexibility index (Phi) is 8.84. The lowest BCUT2D eigenvalue weighted by Crippen LogP contribution is -2.46. The first-order chi connectivity index (χ1) is 12.5. The van der Waals surface area contributed by atoms with Gasteiger partial charge in [0.15, 0.2) is 0 Å². The molecule has 0 aromatic carbocycles. The molecule has 0 unspecified atom stereocenters. The highest BCUT2D eigenvalue weighted by molar-refractivity contribution is 7.89. The quantitative estimate of drug-likeness (QED) is 0.616. The summed E-state index contributed by atoms with van der Waals surface area (Å²) in [5.41, 5.74) is 0. The molecular formula is C19H37N3O3S. The Labute approximate surface area is 159 Å². The highest BCUT2D eigenvalue weighted by atomic mass is 32.2. The number of nitrogens with one attached hydrogen (secondary N) is 1. The molecular weight excluding hydrogens is 350 g/mol. The number of rotatable bonds is 9. The summed E-state index contributed by atoms with van der Waals surface area (Å²) in [4.78, 5) is 15.0. The Morgan fingerprint density at radius 1 is 1.12 bits per heavy atom. The van der Waals surface area contributed by atoms with Gasteiger partial charge in [-0.05, 0) is 51.5 Å². The number of amides is 1. The first-order valence-electron chi connectivity index (χ1n) is 10.5. The van der Waals surface area contributed by atoms with Gasteiger partial charge in [-0.2, -0.15) is 0 Å². The van der Waals surface area contributed by atoms with Gasteiger partial charge in [0.05, 0.1) is 11.7 Å². The predicted molar refractivity (Wildman–Crippen MR) is 106 cm³/mol. The van der Waals surface area contributed by atoms with Crippen LogP contribution < -0.4 is 5.32 Å². The molecule has 6 nitrogen and oxygen atoms in total. The van der Waals surface area contributed by atoms with Crippen molar-refractivity contribution in [1.29, 1.82) is 0 Å². The van der Waals surface area contributed by atoms with E-state index in [-0.39, 0.29) is 17.6 Å². The van der Waals surface area contributed by atoms with Crippen molar-refractivity contribution in [1.82, 2.24) is 14.5 Å². The van der Waals surface area contributed by atoms with Crippen LogP contribution in [0.3, 0.4) is 0 Å². The first-order valence-corrected chi connectivity index (χ1v) is 12.1. The Morgan fingerprint density at radius 2 is 1.92 bits per heavy atom. The molecule has 7 heteroatoms. The van der Waals surface area contributed by atoms with E-state index in [9.17, 15) is 13.2 Å². The normalized spacial score (nSPS) is 25.9. The zero-order valence-electron chi connectivity index (χ0n) is 16.6. The lowest BCUT2D eigenvalue weighted by atomic mass is 9.98. The predicted octanol–water partition coefficient (Wildman–Crippen LogP) is 2.21. The molecule has 2 saturated heterocycles. The summed E-state index contributed by atoms with van der Waals surface area (Å²) in [7, 11) is -3.20. The molecule has 2 fully saturated rings. The van der Waals surface area contributed by atoms with E-state index in [2.05, 4.69) is 17.1 Å². The van der Waals surface area contributed by atoms with E-state index in [0.717, 1.165) is 25.8 Å². The second-order valence-corrected chi connectivity index (χ2v) is 9.84. The largest absolute Gasteiger partial charge is 0.356 e. The third kappa shape index (κ3) is 6.20. The average Bonchev–Trinajstić information content (AvgIpc) is 2.65. The topological polar surface area (TPSA) is 69.7 Å². The molecule has 0 spiro atoms. The maximum absolute atomic E-state index is 12.5. The monoisotopic (exact) mass is 387 g/mol. The van der Waals surface area contributed by atoms with Gasteiger partial charge in [-0.3, -0.25) is 4.79 Å². The van der Waals surface area contributed by atoms with Crippen molar-refractivity contribution in [2.75, 3.05) is 38.5 Å². The highest BCUT2D eigenvalue weighted by Crippen LogP contribution is 2.21. The third-order valence-electron chi connectivity index (χ3n) is 5.75. The molecule has 0 saturated carbocycles. The molecule has 26 heavy (non-hydrogen) atoms. The van der Waals surface area contributed by atoms with Crippen LogP contribution in [0.2, 0.25) is 0 Å². The summed E-state index contributed by atoms with van der Waals surface area (Å²) >= 11 is 0. The van der Waals surface area contributed by atoms with Crippen LogP contribution in [0.25, 0.3) is 0 Å². The van der Waals surface area contributed by atoms with Gasteiger partial charge in [-0.15, -0.1) is 0 Å². The number of hydrogen-bond acceptors (Lipinski definition) is 4. The average molecular weight is 388 g/mol. The fourth-order valence-corrected chi connectivity index (χ4v) is 5.84. The van der Waals surface area contributed by atoms with Crippen molar-refractivity contribution in [2.24, 2.45) is 5.92 Å². The lowest BCUT2D eigenvalue weighted by molar-refractivity contribution is -0.126. The maximum Gasteiger partial charge on any atom is 0.224 e. The van der Waals surface area contributed by atoms with Crippen LogP contribution in [0.15, 0.2) is 0 Å². The van der Waals surface area contributed by atoms with E-state index < -0.39 is 10.0 Å². The lowest BCUT2D eigenvalue weighted by Gasteiger charge is -2.35. The van der Waals surface area contributed by atoms with Gasteiger partial charge in [0.1, 0.15) is 0 Å². The minimum Gasteiger partial charge on any atom is -0.356 e. The summed E-state index contributed by atoms with van der Waals surface area (Å²) in [5, 5.41) is 3.04. The zero-order valence-corrected chi connectivity index (χ0v) is 17.4. The molecule has 0 radical (unpaired) electrons. The van der Waals surface area contributed by atoms with E-state index >= 15 is 0 Å². The van der Waals surface area contributed by atoms with Crippen LogP contribution in [-0.2, 0) is 14.8 Å². The highest BCUT2D eigenvalue weighted by Gasteiger charge is 2.31. The van der Waals surface area contributed by atoms with Gasteiger partial charge in [-0.25, -0.2) is 12.7 Å². The van der Waals surface area contributed by atoms with Gasteiger partial charge < -0.3 is 10.2 Å². The van der Waals surface area contributed by atoms with Gasteiger partial charge in [0.25, 0.3) is 0 Å². The number of piperidine rings is 2. The van der Waals surface area contributed by atoms with Crippen molar-refractivity contribution in [3.05, 3.63) is 0 Å². The van der Waals surface area contributed by atoms with Crippen LogP contribution in [0.5, 0.6) is 0 Å². The van der Waals surface area contributed by atoms with E-state index in [1.54, 1.807) is 0 Å². The van der Waals surface area contributed by atoms with Gasteiger partial charge in [0, 0.05) is 32.2 Å². The van der Waals surface area contributed by atoms with E-state index in [1.165, 1.54) is 36.5 Å². The van der Waals surface area contributed by atoms with Crippen LogP contribution in [-0.4, -0.2) is 68.0 Å². The molecule has 2 rings (SSSR count). The van der Waals surface area contributed by atoms with Crippen LogP contribution in [0.4, 0.5) is 0 Å². The van der Waals surface area contributed by atoms with Crippen LogP contribution in [0.1, 0.15) is 65.2 Å². The summed E-state index contributed by atoms with van der Waals surface area (Å²) in [6, 6.07) is 0.704. The Bertz CT molecular complexity index is 538. The summed E-state index contributed by atoms with van der Waals surface area (Å²) in [6.45, 7) is 7.94. The molecule has 0 aromatic rings. The molecule has 1 amide bonds. The van der Waals surface area contributed by atoms with Crippen molar-refractivity contribution in [3.63, 3.8) is 0 Å². The molecule has 0 aliphatic carbocycles. The number of hydrogen-bond donors (Lipinski definition) is 1. The van der Waals surface area contributed by atoms with E-state index in [1.807, 2.05) is 6.92 Å². The number of carbonyl (C=O) groups is 1. The molecule has 0 bridgehead atoms. The van der Waals surface area contributed by atoms with Crippen molar-refractivity contribution >= 4 is 15.9 Å². The number of nitrogens with zero attached hydrogens (tertiary/aromatic N) is 2. The summed E-state index contributed by atoms with van der Waals surface area (Å²) < 4.78 is 26.0. The van der Waals surface area contributed by atoms with Crippen molar-refractivity contribution < 1.29 is 13.2 Å². The second kappa shape index (κ2) is 10.6. The Balaban J connectivity index is 1.72. The number of sulfonamides is 1. The van der Waals surface area contributed by atoms with Gasteiger partial charge in [0.2, 0.25) is 15.9 Å². The smallest absolute Gasteiger partial charge is 0.224 e. The molecule has 2 atom stereocenters. The minimum absolute atomic E-state index is 0.0204. The minimum atomic E-state index is -3.20. The fourth-order valence-electron chi connectivity index (χ4n) is 4.25. The maximum atomic E-state index is 12.5. The third-order valence-corrected chi connectivity index (χ3v) is 7.79. The molecule has 2 heterocycles. The van der Waals surface area contributed by atoms with Gasteiger partial charge >= 0.3 is 0 Å². The van der Waals surface area contributed by atoms with E-state index in [0.29, 0.717) is 32.1 Å². The first kappa shape index (κ1) is 21.6. The molecule has 2 aliphatic heterocycles. The molecule has 0 aromatic heterocycles. The summed E-state index contributed by atoms with van der Waals surface area (Å²) in [6.07, 6.45) is 8.26. The standard InChI is InChI=1S/C19H37N3O3S/c1-3-15-26(24,25)22-14-7-9-17(16-22)19(23)20-11-8-13-21-12-6-5-10-18(21)4-2/h17-18H,3-16H2,1-2H3,(H,20,23)/t17-,18+/m0/s1. The molecule has 152 valence electrons. The van der Waals surface area contributed by atoms with E-state index in [4.69, 9.17) is 0 Å². The second-order valence-electron chi connectivity index (χ2n) is 7.75. The Hall–Kier alpha value is -0.660. The van der Waals surface area contributed by atoms with Gasteiger partial charge in [-0.1, -0.05) is 20.3 Å². The molecule has 1 N–H and O–H groups in total. The zero-order chi connectivity index (χ0) is 19.0. The van der Waals surface area contributed by atoms with Crippen molar-refractivity contribution in [3.8, 4) is 0 Å². The number of likely N-dealkylation sites (tertiary alicyclic amines) is 1.